The first-order valence-electron chi connectivity index (χ1n) is 9.93. The number of rotatable bonds is 7. The number of aliphatic imine (C=N–C) groups is 1. The van der Waals surface area contributed by atoms with Crippen molar-refractivity contribution in [2.75, 3.05) is 19.6 Å². The molecule has 2 heterocycles. The van der Waals surface area contributed by atoms with Gasteiger partial charge < -0.3 is 15.2 Å². The van der Waals surface area contributed by atoms with Crippen molar-refractivity contribution in [2.45, 2.75) is 33.2 Å². The predicted molar refractivity (Wildman–Crippen MR) is 116 cm³/mol. The number of aryl methyl sites for hydroxylation is 1. The van der Waals surface area contributed by atoms with Crippen LogP contribution in [0.1, 0.15) is 31.5 Å². The van der Waals surface area contributed by atoms with E-state index in [4.69, 9.17) is 4.52 Å². The van der Waals surface area contributed by atoms with Gasteiger partial charge in [0.1, 0.15) is 6.54 Å². The van der Waals surface area contributed by atoms with Crippen LogP contribution in [0, 0.1) is 30.6 Å². The number of imide groups is 1. The number of hydrogen-bond donors (Lipinski definition) is 2. The fourth-order valence-corrected chi connectivity index (χ4v) is 4.53. The number of fused-ring (bicyclic) bond motifs is 5. The van der Waals surface area contributed by atoms with E-state index >= 15 is 0 Å². The molecule has 4 rings (SSSR count). The molecule has 2 aliphatic carbocycles. The minimum absolute atomic E-state index is 0. The average Bonchev–Trinajstić information content (AvgIpc) is 3.43. The van der Waals surface area contributed by atoms with E-state index in [1.165, 1.54) is 4.90 Å². The number of nitrogens with zero attached hydrogens (tertiary/aromatic N) is 4. The summed E-state index contributed by atoms with van der Waals surface area (Å²) in [4.78, 5) is 35.4. The molecule has 2 fully saturated rings. The van der Waals surface area contributed by atoms with E-state index in [1.54, 1.807) is 6.92 Å². The second-order valence-corrected chi connectivity index (χ2v) is 7.53. The molecule has 2 amide bonds. The SMILES string of the molecule is CCNC(=NCc1noc(C)n1)NCCCN1C(=O)C2C3C=CC(C3)C2C1=O.I. The van der Waals surface area contributed by atoms with Crippen LogP contribution < -0.4 is 10.6 Å². The minimum atomic E-state index is -0.118. The summed E-state index contributed by atoms with van der Waals surface area (Å²) >= 11 is 0. The van der Waals surface area contributed by atoms with Crippen LogP contribution in [-0.2, 0) is 16.1 Å². The zero-order chi connectivity index (χ0) is 19.7. The van der Waals surface area contributed by atoms with Crippen LogP contribution in [0.3, 0.4) is 0 Å². The van der Waals surface area contributed by atoms with E-state index in [2.05, 4.69) is 37.9 Å². The average molecular weight is 514 g/mol. The maximum absolute atomic E-state index is 12.7. The highest BCUT2D eigenvalue weighted by molar-refractivity contribution is 14.0. The van der Waals surface area contributed by atoms with Crippen molar-refractivity contribution in [3.05, 3.63) is 23.9 Å². The summed E-state index contributed by atoms with van der Waals surface area (Å²) in [6, 6.07) is 0. The van der Waals surface area contributed by atoms with Crippen molar-refractivity contribution in [3.8, 4) is 0 Å². The third-order valence-corrected chi connectivity index (χ3v) is 5.71. The number of carbonyl (C=O) groups excluding carboxylic acids is 2. The van der Waals surface area contributed by atoms with E-state index in [-0.39, 0.29) is 59.5 Å². The molecule has 0 radical (unpaired) electrons. The molecule has 0 aromatic carbocycles. The van der Waals surface area contributed by atoms with E-state index in [0.717, 1.165) is 13.0 Å². The number of aromatic nitrogens is 2. The van der Waals surface area contributed by atoms with Gasteiger partial charge in [0.15, 0.2) is 11.8 Å². The molecule has 1 saturated heterocycles. The Labute approximate surface area is 186 Å². The maximum atomic E-state index is 12.7. The molecule has 158 valence electrons. The normalized spacial score (nSPS) is 27.4. The van der Waals surface area contributed by atoms with Crippen molar-refractivity contribution in [2.24, 2.45) is 28.7 Å². The molecule has 4 atom stereocenters. The summed E-state index contributed by atoms with van der Waals surface area (Å²) in [6.45, 7) is 5.81. The Kier molecular flexibility index (Phi) is 6.91. The molecule has 2 N–H and O–H groups in total. The Hall–Kier alpha value is -1.98. The molecule has 4 unspecified atom stereocenters. The zero-order valence-electron chi connectivity index (χ0n) is 16.6. The van der Waals surface area contributed by atoms with Crippen LogP contribution in [0.5, 0.6) is 0 Å². The third-order valence-electron chi connectivity index (χ3n) is 5.71. The molecule has 1 saturated carbocycles. The number of nitrogens with one attached hydrogen (secondary N) is 2. The van der Waals surface area contributed by atoms with Gasteiger partial charge in [0.05, 0.1) is 11.8 Å². The molecule has 9 nitrogen and oxygen atoms in total. The molecular formula is C19H27IN6O3. The van der Waals surface area contributed by atoms with Crippen molar-refractivity contribution < 1.29 is 14.1 Å². The predicted octanol–water partition coefficient (Wildman–Crippen LogP) is 1.25. The number of hydrogen-bond acceptors (Lipinski definition) is 6. The standard InChI is InChI=1S/C19H26N6O3.HI/c1-3-20-19(22-10-14-23-11(2)28-24-14)21-7-4-8-25-17(26)15-12-5-6-13(9-12)16(15)18(25)27;/h5-6,12-13,15-16H,3-4,7-10H2,1-2H3,(H2,20,21,22);1H. The largest absolute Gasteiger partial charge is 0.357 e. The van der Waals surface area contributed by atoms with Crippen LogP contribution in [0.15, 0.2) is 21.7 Å². The van der Waals surface area contributed by atoms with Gasteiger partial charge in [0.2, 0.25) is 17.7 Å². The first-order valence-corrected chi connectivity index (χ1v) is 9.93. The number of guanidine groups is 1. The lowest BCUT2D eigenvalue weighted by Gasteiger charge is -2.17. The van der Waals surface area contributed by atoms with Gasteiger partial charge in [-0.1, -0.05) is 17.3 Å². The third kappa shape index (κ3) is 4.31. The summed E-state index contributed by atoms with van der Waals surface area (Å²) in [5.41, 5.74) is 0. The zero-order valence-corrected chi connectivity index (χ0v) is 19.0. The minimum Gasteiger partial charge on any atom is -0.357 e. The Morgan fingerprint density at radius 1 is 1.24 bits per heavy atom. The lowest BCUT2D eigenvalue weighted by molar-refractivity contribution is -0.140. The summed E-state index contributed by atoms with van der Waals surface area (Å²) in [6.07, 6.45) is 5.87. The van der Waals surface area contributed by atoms with Crippen LogP contribution in [0.25, 0.3) is 0 Å². The quantitative estimate of drug-likeness (QED) is 0.141. The Balaban J connectivity index is 0.00000240. The Morgan fingerprint density at radius 2 is 1.93 bits per heavy atom. The molecule has 1 aromatic heterocycles. The van der Waals surface area contributed by atoms with Crippen molar-refractivity contribution in [3.63, 3.8) is 0 Å². The monoisotopic (exact) mass is 514 g/mol. The van der Waals surface area contributed by atoms with Gasteiger partial charge in [-0.2, -0.15) is 4.98 Å². The van der Waals surface area contributed by atoms with Crippen LogP contribution >= 0.6 is 24.0 Å². The second kappa shape index (κ2) is 9.23. The van der Waals surface area contributed by atoms with Gasteiger partial charge in [-0.15, -0.1) is 24.0 Å². The number of halogens is 1. The fourth-order valence-electron chi connectivity index (χ4n) is 4.53. The van der Waals surface area contributed by atoms with Gasteiger partial charge in [-0.3, -0.25) is 14.5 Å². The second-order valence-electron chi connectivity index (χ2n) is 7.53. The van der Waals surface area contributed by atoms with Crippen molar-refractivity contribution in [1.29, 1.82) is 0 Å². The fraction of sp³-hybridized carbons (Fsp3) is 0.632. The lowest BCUT2D eigenvalue weighted by atomic mass is 9.85. The molecule has 1 aliphatic heterocycles. The Bertz CT molecular complexity index is 793. The number of likely N-dealkylation sites (tertiary alicyclic amines) is 1. The van der Waals surface area contributed by atoms with Gasteiger partial charge in [0, 0.05) is 26.6 Å². The first-order chi connectivity index (χ1) is 13.6. The topological polar surface area (TPSA) is 113 Å². The molecule has 10 heteroatoms. The number of allylic oxidation sites excluding steroid dienone is 2. The maximum Gasteiger partial charge on any atom is 0.233 e. The van der Waals surface area contributed by atoms with Gasteiger partial charge in [-0.05, 0) is 31.6 Å². The smallest absolute Gasteiger partial charge is 0.233 e. The van der Waals surface area contributed by atoms with Gasteiger partial charge in [0.25, 0.3) is 0 Å². The molecular weight excluding hydrogens is 487 g/mol. The van der Waals surface area contributed by atoms with Crippen molar-refractivity contribution in [1.82, 2.24) is 25.7 Å². The Morgan fingerprint density at radius 3 is 2.52 bits per heavy atom. The highest BCUT2D eigenvalue weighted by atomic mass is 127. The summed E-state index contributed by atoms with van der Waals surface area (Å²) < 4.78 is 4.94. The van der Waals surface area contributed by atoms with E-state index in [0.29, 0.717) is 43.7 Å². The molecule has 2 bridgehead atoms. The van der Waals surface area contributed by atoms with Crippen molar-refractivity contribution >= 4 is 41.8 Å². The number of carbonyl (C=O) groups is 2. The number of amides is 2. The van der Waals surface area contributed by atoms with E-state index < -0.39 is 0 Å². The van der Waals surface area contributed by atoms with E-state index in [9.17, 15) is 9.59 Å². The van der Waals surface area contributed by atoms with E-state index in [1.807, 2.05) is 6.92 Å². The molecule has 3 aliphatic rings. The molecule has 0 spiro atoms. The summed E-state index contributed by atoms with van der Waals surface area (Å²) in [5, 5.41) is 10.2. The van der Waals surface area contributed by atoms with Crippen LogP contribution in [0.4, 0.5) is 0 Å². The van der Waals surface area contributed by atoms with Crippen LogP contribution in [-0.4, -0.2) is 52.4 Å². The van der Waals surface area contributed by atoms with Gasteiger partial charge in [-0.25, -0.2) is 4.99 Å². The van der Waals surface area contributed by atoms with Crippen LogP contribution in [0.2, 0.25) is 0 Å². The highest BCUT2D eigenvalue weighted by Crippen LogP contribution is 2.52. The molecule has 29 heavy (non-hydrogen) atoms. The highest BCUT2D eigenvalue weighted by Gasteiger charge is 2.58. The lowest BCUT2D eigenvalue weighted by Crippen LogP contribution is -2.40. The summed E-state index contributed by atoms with van der Waals surface area (Å²) in [5.74, 6) is 1.99. The van der Waals surface area contributed by atoms with Gasteiger partial charge >= 0.3 is 0 Å². The molecule has 1 aromatic rings. The summed E-state index contributed by atoms with van der Waals surface area (Å²) in [7, 11) is 0. The first kappa shape index (κ1) is 21.7.